The first kappa shape index (κ1) is 20.2. The van der Waals surface area contributed by atoms with E-state index in [9.17, 15) is 9.90 Å². The highest BCUT2D eigenvalue weighted by molar-refractivity contribution is 8.23. The summed E-state index contributed by atoms with van der Waals surface area (Å²) in [5, 5.41) is 10.7. The van der Waals surface area contributed by atoms with Crippen molar-refractivity contribution < 1.29 is 5.11 Å². The van der Waals surface area contributed by atoms with Crippen molar-refractivity contribution in [3.8, 4) is 22.7 Å². The number of aromatic nitrogens is 1. The number of thiocarbonyl (C=S) groups is 1. The second-order valence-corrected chi connectivity index (χ2v) is 7.77. The summed E-state index contributed by atoms with van der Waals surface area (Å²) in [5.41, 5.74) is 1.93. The monoisotopic (exact) mass is 410 g/mol. The third-order valence-corrected chi connectivity index (χ3v) is 5.97. The molecule has 4 nitrogen and oxygen atoms in total. The largest absolute Gasteiger partial charge is 0.506 e. The molecule has 0 saturated heterocycles. The summed E-state index contributed by atoms with van der Waals surface area (Å²) in [5.74, 6) is -0.0597. The van der Waals surface area contributed by atoms with Gasteiger partial charge in [-0.1, -0.05) is 72.5 Å². The number of rotatable bonds is 5. The molecule has 0 aliphatic carbocycles. The standard InChI is InChI=1S/C22H22N2O2S2/c1-3-23(4-2)22(27)28-20-19(25)15-18(16-11-7-5-8-12-16)24(21(20)26)17-13-9-6-10-14-17/h5-15,25H,3-4H2,1-2H3. The molecule has 0 unspecified atom stereocenters. The molecule has 3 rings (SSSR count). The van der Waals surface area contributed by atoms with Crippen molar-refractivity contribution in [2.45, 2.75) is 18.7 Å². The van der Waals surface area contributed by atoms with E-state index in [-0.39, 0.29) is 16.2 Å². The van der Waals surface area contributed by atoms with E-state index in [1.807, 2.05) is 79.4 Å². The molecule has 0 fully saturated rings. The summed E-state index contributed by atoms with van der Waals surface area (Å²) in [6, 6.07) is 20.6. The molecule has 0 saturated carbocycles. The van der Waals surface area contributed by atoms with Crippen molar-refractivity contribution in [3.63, 3.8) is 0 Å². The van der Waals surface area contributed by atoms with Crippen molar-refractivity contribution in [3.05, 3.63) is 77.1 Å². The van der Waals surface area contributed by atoms with E-state index >= 15 is 0 Å². The summed E-state index contributed by atoms with van der Waals surface area (Å²) < 4.78 is 2.20. The molecule has 0 aliphatic heterocycles. The van der Waals surface area contributed by atoms with E-state index in [4.69, 9.17) is 12.2 Å². The number of thioether (sulfide) groups is 1. The van der Waals surface area contributed by atoms with Crippen molar-refractivity contribution in [1.82, 2.24) is 9.47 Å². The highest BCUT2D eigenvalue weighted by atomic mass is 32.2. The van der Waals surface area contributed by atoms with Crippen molar-refractivity contribution >= 4 is 28.3 Å². The third kappa shape index (κ3) is 4.13. The minimum absolute atomic E-state index is 0.0597. The number of pyridine rings is 1. The van der Waals surface area contributed by atoms with Crippen LogP contribution in [0.3, 0.4) is 0 Å². The number of para-hydroxylation sites is 1. The van der Waals surface area contributed by atoms with Gasteiger partial charge in [0, 0.05) is 24.8 Å². The lowest BCUT2D eigenvalue weighted by molar-refractivity contribution is 0.458. The first-order valence-corrected chi connectivity index (χ1v) is 10.4. The van der Waals surface area contributed by atoms with Crippen LogP contribution in [-0.4, -0.2) is 32.0 Å². The Bertz CT molecular complexity index is 1010. The van der Waals surface area contributed by atoms with Gasteiger partial charge in [0.05, 0.1) is 5.69 Å². The van der Waals surface area contributed by atoms with Gasteiger partial charge in [0.1, 0.15) is 15.0 Å². The number of hydrogen-bond donors (Lipinski definition) is 1. The van der Waals surface area contributed by atoms with Gasteiger partial charge < -0.3 is 10.0 Å². The van der Waals surface area contributed by atoms with E-state index in [1.165, 1.54) is 0 Å². The minimum atomic E-state index is -0.287. The van der Waals surface area contributed by atoms with Crippen LogP contribution in [0.15, 0.2) is 76.4 Å². The summed E-state index contributed by atoms with van der Waals surface area (Å²) in [7, 11) is 0. The third-order valence-electron chi connectivity index (χ3n) is 4.44. The van der Waals surface area contributed by atoms with E-state index in [0.717, 1.165) is 36.1 Å². The van der Waals surface area contributed by atoms with E-state index < -0.39 is 0 Å². The number of benzene rings is 2. The van der Waals surface area contributed by atoms with Crippen molar-refractivity contribution in [2.75, 3.05) is 13.1 Å². The molecule has 0 amide bonds. The average molecular weight is 411 g/mol. The molecule has 0 spiro atoms. The zero-order valence-electron chi connectivity index (χ0n) is 15.8. The minimum Gasteiger partial charge on any atom is -0.506 e. The average Bonchev–Trinajstić information content (AvgIpc) is 2.73. The molecule has 1 aromatic heterocycles. The second kappa shape index (κ2) is 9.08. The smallest absolute Gasteiger partial charge is 0.273 e. The topological polar surface area (TPSA) is 45.5 Å². The van der Waals surface area contributed by atoms with Gasteiger partial charge in [0.2, 0.25) is 0 Å². The maximum Gasteiger partial charge on any atom is 0.273 e. The molecule has 1 heterocycles. The fourth-order valence-corrected chi connectivity index (χ4v) is 4.38. The van der Waals surface area contributed by atoms with Crippen LogP contribution in [0.5, 0.6) is 5.75 Å². The van der Waals surface area contributed by atoms with Gasteiger partial charge in [-0.3, -0.25) is 9.36 Å². The summed E-state index contributed by atoms with van der Waals surface area (Å²) in [6.45, 7) is 5.52. The van der Waals surface area contributed by atoms with Crippen LogP contribution in [0, 0.1) is 0 Å². The maximum absolute atomic E-state index is 13.4. The van der Waals surface area contributed by atoms with Gasteiger partial charge in [-0.05, 0) is 31.5 Å². The van der Waals surface area contributed by atoms with Crippen LogP contribution in [0.4, 0.5) is 0 Å². The molecule has 0 atom stereocenters. The van der Waals surface area contributed by atoms with E-state index in [2.05, 4.69) is 0 Å². The zero-order valence-corrected chi connectivity index (χ0v) is 17.5. The molecule has 28 heavy (non-hydrogen) atoms. The Balaban J connectivity index is 2.20. The van der Waals surface area contributed by atoms with Gasteiger partial charge in [-0.2, -0.15) is 0 Å². The SMILES string of the molecule is CCN(CC)C(=S)Sc1c(O)cc(-c2ccccc2)n(-c2ccccc2)c1=O. The van der Waals surface area contributed by atoms with Gasteiger partial charge in [0.25, 0.3) is 5.56 Å². The summed E-state index contributed by atoms with van der Waals surface area (Å²) in [4.78, 5) is 15.6. The first-order chi connectivity index (χ1) is 13.6. The van der Waals surface area contributed by atoms with Crippen LogP contribution in [0.2, 0.25) is 0 Å². The number of hydrogen-bond acceptors (Lipinski definition) is 4. The summed E-state index contributed by atoms with van der Waals surface area (Å²) in [6.07, 6.45) is 0. The van der Waals surface area contributed by atoms with Gasteiger partial charge in [0.15, 0.2) is 0 Å². The van der Waals surface area contributed by atoms with Crippen molar-refractivity contribution in [2.24, 2.45) is 0 Å². The highest BCUT2D eigenvalue weighted by Crippen LogP contribution is 2.32. The molecular weight excluding hydrogens is 388 g/mol. The molecule has 1 N–H and O–H groups in total. The lowest BCUT2D eigenvalue weighted by Gasteiger charge is -2.22. The Hall–Kier alpha value is -2.57. The van der Waals surface area contributed by atoms with Gasteiger partial charge in [-0.15, -0.1) is 0 Å². The van der Waals surface area contributed by atoms with E-state index in [0.29, 0.717) is 10.0 Å². The Morgan fingerprint density at radius 3 is 2.18 bits per heavy atom. The molecule has 0 aliphatic rings. The second-order valence-electron chi connectivity index (χ2n) is 6.13. The van der Waals surface area contributed by atoms with Crippen LogP contribution in [0.1, 0.15) is 13.8 Å². The number of aromatic hydroxyl groups is 1. The lowest BCUT2D eigenvalue weighted by Crippen LogP contribution is -2.28. The van der Waals surface area contributed by atoms with Crippen LogP contribution in [0.25, 0.3) is 16.9 Å². The predicted octanol–water partition coefficient (Wildman–Crippen LogP) is 4.93. The van der Waals surface area contributed by atoms with E-state index in [1.54, 1.807) is 10.6 Å². The Morgan fingerprint density at radius 2 is 1.61 bits per heavy atom. The number of nitrogens with zero attached hydrogens (tertiary/aromatic N) is 2. The maximum atomic E-state index is 13.4. The van der Waals surface area contributed by atoms with Crippen LogP contribution in [-0.2, 0) is 0 Å². The fraction of sp³-hybridized carbons (Fsp3) is 0.182. The highest BCUT2D eigenvalue weighted by Gasteiger charge is 2.20. The van der Waals surface area contributed by atoms with Crippen molar-refractivity contribution in [1.29, 1.82) is 0 Å². The molecule has 144 valence electrons. The Labute approximate surface area is 174 Å². The van der Waals surface area contributed by atoms with Crippen LogP contribution < -0.4 is 5.56 Å². The zero-order chi connectivity index (χ0) is 20.1. The fourth-order valence-electron chi connectivity index (χ4n) is 2.96. The van der Waals surface area contributed by atoms with Gasteiger partial charge in [-0.25, -0.2) is 0 Å². The van der Waals surface area contributed by atoms with Gasteiger partial charge >= 0.3 is 0 Å². The molecule has 0 radical (unpaired) electrons. The normalized spacial score (nSPS) is 10.6. The lowest BCUT2D eigenvalue weighted by atomic mass is 10.1. The Morgan fingerprint density at radius 1 is 1.04 bits per heavy atom. The molecule has 2 aromatic carbocycles. The molecular formula is C22H22N2O2S2. The first-order valence-electron chi connectivity index (χ1n) is 9.13. The quantitative estimate of drug-likeness (QED) is 0.477. The molecule has 3 aromatic rings. The predicted molar refractivity (Wildman–Crippen MR) is 121 cm³/mol. The molecule has 0 bridgehead atoms. The Kier molecular flexibility index (Phi) is 6.54. The van der Waals surface area contributed by atoms with Crippen LogP contribution >= 0.6 is 24.0 Å². The molecule has 6 heteroatoms. The summed E-state index contributed by atoms with van der Waals surface area (Å²) >= 11 is 6.63.